The number of hydrogen-bond acceptors (Lipinski definition) is 5. The molecule has 0 saturated carbocycles. The number of nitrogens with zero attached hydrogens (tertiary/aromatic N) is 6. The SMILES string of the molecule is O=C(Nc1cccc(C(F)(F)F)c1)N1CCN(c2cc(-n3ccnc3)ncn2)CC1. The highest BCUT2D eigenvalue weighted by Gasteiger charge is 2.30. The van der Waals surface area contributed by atoms with Crippen LogP contribution in [-0.2, 0) is 6.18 Å². The first-order chi connectivity index (χ1) is 14.4. The van der Waals surface area contributed by atoms with Crippen molar-refractivity contribution in [3.05, 3.63) is 60.9 Å². The molecule has 3 heterocycles. The zero-order valence-corrected chi connectivity index (χ0v) is 15.8. The van der Waals surface area contributed by atoms with E-state index in [1.165, 1.54) is 18.5 Å². The summed E-state index contributed by atoms with van der Waals surface area (Å²) in [6, 6.07) is 5.99. The zero-order valence-electron chi connectivity index (χ0n) is 15.8. The molecule has 30 heavy (non-hydrogen) atoms. The van der Waals surface area contributed by atoms with Gasteiger partial charge in [-0.05, 0) is 18.2 Å². The Morgan fingerprint density at radius 2 is 1.80 bits per heavy atom. The number of imidazole rings is 1. The number of halogens is 3. The molecule has 0 spiro atoms. The quantitative estimate of drug-likeness (QED) is 0.709. The Kier molecular flexibility index (Phi) is 5.25. The van der Waals surface area contributed by atoms with Gasteiger partial charge < -0.3 is 15.1 Å². The van der Waals surface area contributed by atoms with Gasteiger partial charge in [0, 0.05) is 50.3 Å². The predicted octanol–water partition coefficient (Wildman–Crippen LogP) is 3.04. The zero-order chi connectivity index (χ0) is 21.1. The summed E-state index contributed by atoms with van der Waals surface area (Å²) in [6.45, 7) is 1.90. The summed E-state index contributed by atoms with van der Waals surface area (Å²) in [5.74, 6) is 1.41. The highest BCUT2D eigenvalue weighted by Crippen LogP contribution is 2.30. The molecule has 1 aliphatic heterocycles. The summed E-state index contributed by atoms with van der Waals surface area (Å²) >= 11 is 0. The lowest BCUT2D eigenvalue weighted by Gasteiger charge is -2.35. The van der Waals surface area contributed by atoms with Crippen molar-refractivity contribution >= 4 is 17.5 Å². The number of nitrogens with one attached hydrogen (secondary N) is 1. The summed E-state index contributed by atoms with van der Waals surface area (Å²) < 4.78 is 40.3. The van der Waals surface area contributed by atoms with Gasteiger partial charge in [0.1, 0.15) is 24.3 Å². The lowest BCUT2D eigenvalue weighted by Crippen LogP contribution is -2.50. The molecule has 2 amide bonds. The standard InChI is InChI=1S/C19H18F3N7O/c20-19(21,22)14-2-1-3-15(10-14)26-18(30)28-8-6-27(7-9-28)16-11-17(25-12-24-16)29-5-4-23-13-29/h1-5,10-13H,6-9H2,(H,26,30). The summed E-state index contributed by atoms with van der Waals surface area (Å²) in [6.07, 6.45) is 2.09. The summed E-state index contributed by atoms with van der Waals surface area (Å²) in [4.78, 5) is 28.6. The maximum Gasteiger partial charge on any atom is 0.416 e. The smallest absolute Gasteiger partial charge is 0.353 e. The minimum Gasteiger partial charge on any atom is -0.353 e. The number of amides is 2. The fraction of sp³-hybridized carbons (Fsp3) is 0.263. The van der Waals surface area contributed by atoms with Crippen LogP contribution in [0.15, 0.2) is 55.4 Å². The predicted molar refractivity (Wildman–Crippen MR) is 103 cm³/mol. The summed E-state index contributed by atoms with van der Waals surface area (Å²) in [7, 11) is 0. The largest absolute Gasteiger partial charge is 0.416 e. The number of rotatable bonds is 3. The number of piperazine rings is 1. The van der Waals surface area contributed by atoms with Crippen molar-refractivity contribution in [3.63, 3.8) is 0 Å². The van der Waals surface area contributed by atoms with Crippen molar-refractivity contribution in [2.24, 2.45) is 0 Å². The van der Waals surface area contributed by atoms with E-state index in [1.807, 2.05) is 11.0 Å². The molecular formula is C19H18F3N7O. The number of hydrogen-bond donors (Lipinski definition) is 1. The van der Waals surface area contributed by atoms with Crippen molar-refractivity contribution in [2.45, 2.75) is 6.18 Å². The second kappa shape index (κ2) is 8.01. The molecule has 156 valence electrons. The minimum atomic E-state index is -4.46. The van der Waals surface area contributed by atoms with Gasteiger partial charge >= 0.3 is 12.2 Å². The molecule has 1 fully saturated rings. The Balaban J connectivity index is 1.37. The van der Waals surface area contributed by atoms with Crippen LogP contribution in [0.25, 0.3) is 5.82 Å². The van der Waals surface area contributed by atoms with E-state index >= 15 is 0 Å². The number of carbonyl (C=O) groups excluding carboxylic acids is 1. The lowest BCUT2D eigenvalue weighted by atomic mass is 10.2. The number of aromatic nitrogens is 4. The first-order valence-corrected chi connectivity index (χ1v) is 9.19. The molecule has 2 aromatic heterocycles. The third-order valence-corrected chi connectivity index (χ3v) is 4.74. The van der Waals surface area contributed by atoms with E-state index in [4.69, 9.17) is 0 Å². The third-order valence-electron chi connectivity index (χ3n) is 4.74. The van der Waals surface area contributed by atoms with Gasteiger partial charge in [0.15, 0.2) is 0 Å². The molecule has 1 aromatic carbocycles. The topological polar surface area (TPSA) is 79.2 Å². The number of alkyl halides is 3. The Morgan fingerprint density at radius 1 is 1.03 bits per heavy atom. The minimum absolute atomic E-state index is 0.109. The van der Waals surface area contributed by atoms with Crippen LogP contribution in [0, 0.1) is 0 Å². The third kappa shape index (κ3) is 4.34. The van der Waals surface area contributed by atoms with Crippen LogP contribution in [0.5, 0.6) is 0 Å². The average Bonchev–Trinajstić information content (AvgIpc) is 3.29. The molecule has 0 atom stereocenters. The van der Waals surface area contributed by atoms with Gasteiger partial charge in [-0.15, -0.1) is 0 Å². The van der Waals surface area contributed by atoms with Gasteiger partial charge in [0.05, 0.1) is 5.56 Å². The fourth-order valence-electron chi connectivity index (χ4n) is 3.16. The molecule has 0 unspecified atom stereocenters. The number of anilines is 2. The normalized spacial score (nSPS) is 14.6. The fourth-order valence-corrected chi connectivity index (χ4v) is 3.16. The van der Waals surface area contributed by atoms with E-state index in [9.17, 15) is 18.0 Å². The van der Waals surface area contributed by atoms with Gasteiger partial charge in [-0.25, -0.2) is 19.7 Å². The van der Waals surface area contributed by atoms with Crippen LogP contribution in [0.2, 0.25) is 0 Å². The van der Waals surface area contributed by atoms with E-state index in [0.717, 1.165) is 18.0 Å². The molecule has 0 aliphatic carbocycles. The Hall–Kier alpha value is -3.63. The highest BCUT2D eigenvalue weighted by molar-refractivity contribution is 5.89. The molecule has 0 radical (unpaired) electrons. The number of carbonyl (C=O) groups is 1. The second-order valence-electron chi connectivity index (χ2n) is 6.69. The van der Waals surface area contributed by atoms with Gasteiger partial charge in [-0.1, -0.05) is 6.07 Å². The monoisotopic (exact) mass is 417 g/mol. The summed E-state index contributed by atoms with van der Waals surface area (Å²) in [5.41, 5.74) is -0.694. The van der Waals surface area contributed by atoms with Gasteiger partial charge in [0.2, 0.25) is 0 Å². The van der Waals surface area contributed by atoms with Gasteiger partial charge in [-0.2, -0.15) is 13.2 Å². The van der Waals surface area contributed by atoms with E-state index in [1.54, 1.807) is 28.2 Å². The van der Waals surface area contributed by atoms with Crippen LogP contribution < -0.4 is 10.2 Å². The van der Waals surface area contributed by atoms with Crippen molar-refractivity contribution < 1.29 is 18.0 Å². The number of urea groups is 1. The van der Waals surface area contributed by atoms with E-state index in [2.05, 4.69) is 20.3 Å². The van der Waals surface area contributed by atoms with Crippen LogP contribution in [-0.4, -0.2) is 56.6 Å². The van der Waals surface area contributed by atoms with E-state index in [0.29, 0.717) is 32.0 Å². The average molecular weight is 417 g/mol. The molecule has 0 bridgehead atoms. The van der Waals surface area contributed by atoms with Crippen molar-refractivity contribution in [3.8, 4) is 5.82 Å². The molecule has 3 aromatic rings. The number of benzene rings is 1. The van der Waals surface area contributed by atoms with E-state index in [-0.39, 0.29) is 5.69 Å². The Morgan fingerprint density at radius 3 is 2.50 bits per heavy atom. The molecular weight excluding hydrogens is 399 g/mol. The van der Waals surface area contributed by atoms with Crippen LogP contribution >= 0.6 is 0 Å². The van der Waals surface area contributed by atoms with Crippen molar-refractivity contribution in [2.75, 3.05) is 36.4 Å². The molecule has 1 saturated heterocycles. The van der Waals surface area contributed by atoms with Gasteiger partial charge in [0.25, 0.3) is 0 Å². The molecule has 8 nitrogen and oxygen atoms in total. The molecule has 4 rings (SSSR count). The molecule has 1 N–H and O–H groups in total. The Labute approximate surface area is 170 Å². The van der Waals surface area contributed by atoms with Crippen molar-refractivity contribution in [1.29, 1.82) is 0 Å². The Bertz CT molecular complexity index is 1010. The molecule has 1 aliphatic rings. The second-order valence-corrected chi connectivity index (χ2v) is 6.69. The first-order valence-electron chi connectivity index (χ1n) is 9.19. The maximum atomic E-state index is 12.8. The van der Waals surface area contributed by atoms with Crippen molar-refractivity contribution in [1.82, 2.24) is 24.4 Å². The van der Waals surface area contributed by atoms with Crippen LogP contribution in [0.1, 0.15) is 5.56 Å². The molecule has 11 heteroatoms. The van der Waals surface area contributed by atoms with Gasteiger partial charge in [-0.3, -0.25) is 4.57 Å². The maximum absolute atomic E-state index is 12.8. The highest BCUT2D eigenvalue weighted by atomic mass is 19.4. The van der Waals surface area contributed by atoms with Crippen LogP contribution in [0.4, 0.5) is 29.5 Å². The van der Waals surface area contributed by atoms with Crippen LogP contribution in [0.3, 0.4) is 0 Å². The first kappa shape index (κ1) is 19.7. The van der Waals surface area contributed by atoms with E-state index < -0.39 is 17.8 Å². The lowest BCUT2D eigenvalue weighted by molar-refractivity contribution is -0.137. The summed E-state index contributed by atoms with van der Waals surface area (Å²) in [5, 5.41) is 2.54.